The lowest BCUT2D eigenvalue weighted by atomic mass is 9.67. The van der Waals surface area contributed by atoms with E-state index >= 15 is 0 Å². The molecule has 24 heavy (non-hydrogen) atoms. The van der Waals surface area contributed by atoms with Crippen LogP contribution in [0.3, 0.4) is 0 Å². The number of nitrogens with one attached hydrogen (secondary N) is 1. The van der Waals surface area contributed by atoms with Crippen molar-refractivity contribution in [3.05, 3.63) is 0 Å². The lowest BCUT2D eigenvalue weighted by Crippen LogP contribution is -2.59. The molecule has 1 spiro atoms. The zero-order valence-corrected chi connectivity index (χ0v) is 14.8. The molecule has 134 valence electrons. The summed E-state index contributed by atoms with van der Waals surface area (Å²) in [5, 5.41) is 2.96. The number of amides is 4. The summed E-state index contributed by atoms with van der Waals surface area (Å²) >= 11 is 0. The van der Waals surface area contributed by atoms with Crippen LogP contribution < -0.4 is 5.32 Å². The van der Waals surface area contributed by atoms with E-state index in [1.807, 2.05) is 18.7 Å². The Bertz CT molecular complexity index is 516. The molecule has 0 aromatic carbocycles. The van der Waals surface area contributed by atoms with E-state index in [4.69, 9.17) is 0 Å². The second-order valence-electron chi connectivity index (χ2n) is 7.72. The Labute approximate surface area is 143 Å². The van der Waals surface area contributed by atoms with Crippen molar-refractivity contribution >= 4 is 17.8 Å². The van der Waals surface area contributed by atoms with Crippen molar-refractivity contribution in [3.63, 3.8) is 0 Å². The van der Waals surface area contributed by atoms with Gasteiger partial charge in [0, 0.05) is 13.1 Å². The van der Waals surface area contributed by atoms with E-state index in [-0.39, 0.29) is 30.2 Å². The van der Waals surface area contributed by atoms with Crippen LogP contribution in [0.25, 0.3) is 0 Å². The number of carbonyl (C=O) groups is 3. The number of imide groups is 1. The molecule has 0 bridgehead atoms. The predicted octanol–water partition coefficient (Wildman–Crippen LogP) is 2.14. The molecule has 3 aliphatic rings. The van der Waals surface area contributed by atoms with Gasteiger partial charge in [-0.3, -0.25) is 14.5 Å². The van der Waals surface area contributed by atoms with Gasteiger partial charge in [-0.1, -0.05) is 33.1 Å². The summed E-state index contributed by atoms with van der Waals surface area (Å²) in [4.78, 5) is 41.1. The summed E-state index contributed by atoms with van der Waals surface area (Å²) in [6.45, 7) is 5.43. The Hall–Kier alpha value is -1.59. The van der Waals surface area contributed by atoms with E-state index in [0.29, 0.717) is 0 Å². The standard InChI is InChI=1S/C18H29N3O3/c1-13-8-7-9-14(2)18(13)16(23)21(17(24)19-18)12-15(22)20-10-5-3-4-6-11-20/h13-14H,3-12H2,1-2H3,(H,19,24). The molecule has 6 heteroatoms. The Balaban J connectivity index is 1.73. The summed E-state index contributed by atoms with van der Waals surface area (Å²) < 4.78 is 0. The fraction of sp³-hybridized carbons (Fsp3) is 0.833. The zero-order valence-electron chi connectivity index (χ0n) is 14.8. The monoisotopic (exact) mass is 335 g/mol. The highest BCUT2D eigenvalue weighted by Gasteiger charge is 2.58. The maximum Gasteiger partial charge on any atom is 0.325 e. The topological polar surface area (TPSA) is 69.7 Å². The van der Waals surface area contributed by atoms with Gasteiger partial charge < -0.3 is 10.2 Å². The Morgan fingerprint density at radius 3 is 2.21 bits per heavy atom. The second-order valence-corrected chi connectivity index (χ2v) is 7.72. The normalized spacial score (nSPS) is 34.4. The summed E-state index contributed by atoms with van der Waals surface area (Å²) in [5.74, 6) is -0.0871. The van der Waals surface area contributed by atoms with Crippen LogP contribution in [-0.4, -0.2) is 52.8 Å². The molecular formula is C18H29N3O3. The van der Waals surface area contributed by atoms with Gasteiger partial charge in [-0.05, 0) is 37.5 Å². The van der Waals surface area contributed by atoms with Crippen LogP contribution in [0.1, 0.15) is 58.8 Å². The van der Waals surface area contributed by atoms with Crippen molar-refractivity contribution in [1.82, 2.24) is 15.1 Å². The van der Waals surface area contributed by atoms with E-state index < -0.39 is 11.6 Å². The average molecular weight is 335 g/mol. The molecule has 2 heterocycles. The van der Waals surface area contributed by atoms with Crippen LogP contribution in [0.5, 0.6) is 0 Å². The molecule has 0 radical (unpaired) electrons. The van der Waals surface area contributed by atoms with Gasteiger partial charge in [0.25, 0.3) is 5.91 Å². The molecule has 6 nitrogen and oxygen atoms in total. The van der Waals surface area contributed by atoms with Crippen molar-refractivity contribution in [2.45, 2.75) is 64.3 Å². The van der Waals surface area contributed by atoms with Crippen LogP contribution in [0.4, 0.5) is 4.79 Å². The van der Waals surface area contributed by atoms with Gasteiger partial charge in [0.2, 0.25) is 5.91 Å². The summed E-state index contributed by atoms with van der Waals surface area (Å²) in [6.07, 6.45) is 7.25. The van der Waals surface area contributed by atoms with E-state index in [1.54, 1.807) is 0 Å². The minimum absolute atomic E-state index is 0.103. The van der Waals surface area contributed by atoms with Crippen molar-refractivity contribution < 1.29 is 14.4 Å². The predicted molar refractivity (Wildman–Crippen MR) is 90.2 cm³/mol. The summed E-state index contributed by atoms with van der Waals surface area (Å²) in [6, 6.07) is -0.399. The molecule has 1 saturated carbocycles. The van der Waals surface area contributed by atoms with Crippen molar-refractivity contribution in [3.8, 4) is 0 Å². The van der Waals surface area contributed by atoms with Gasteiger partial charge in [0.1, 0.15) is 12.1 Å². The molecule has 1 aliphatic carbocycles. The van der Waals surface area contributed by atoms with Gasteiger partial charge in [-0.25, -0.2) is 4.79 Å². The second kappa shape index (κ2) is 6.73. The van der Waals surface area contributed by atoms with Crippen molar-refractivity contribution in [1.29, 1.82) is 0 Å². The Kier molecular flexibility index (Phi) is 4.83. The number of likely N-dealkylation sites (tertiary alicyclic amines) is 1. The number of hydrogen-bond donors (Lipinski definition) is 1. The SMILES string of the molecule is CC1CCCC(C)C12NC(=O)N(CC(=O)N1CCCCCC1)C2=O. The van der Waals surface area contributed by atoms with E-state index in [9.17, 15) is 14.4 Å². The van der Waals surface area contributed by atoms with E-state index in [0.717, 1.165) is 62.9 Å². The summed E-state index contributed by atoms with van der Waals surface area (Å²) in [7, 11) is 0. The van der Waals surface area contributed by atoms with Gasteiger partial charge in [-0.15, -0.1) is 0 Å². The third kappa shape index (κ3) is 2.80. The van der Waals surface area contributed by atoms with Crippen LogP contribution in [0, 0.1) is 11.8 Å². The minimum Gasteiger partial charge on any atom is -0.341 e. The van der Waals surface area contributed by atoms with Gasteiger partial charge in [-0.2, -0.15) is 0 Å². The quantitative estimate of drug-likeness (QED) is 0.786. The van der Waals surface area contributed by atoms with Crippen molar-refractivity contribution in [2.75, 3.05) is 19.6 Å². The van der Waals surface area contributed by atoms with Crippen LogP contribution >= 0.6 is 0 Å². The first-order chi connectivity index (χ1) is 11.5. The van der Waals surface area contributed by atoms with Crippen LogP contribution in [-0.2, 0) is 9.59 Å². The lowest BCUT2D eigenvalue weighted by Gasteiger charge is -2.42. The number of hydrogen-bond acceptors (Lipinski definition) is 3. The van der Waals surface area contributed by atoms with Crippen molar-refractivity contribution in [2.24, 2.45) is 11.8 Å². The van der Waals surface area contributed by atoms with Gasteiger partial charge >= 0.3 is 6.03 Å². The fourth-order valence-corrected chi connectivity index (χ4v) is 4.65. The number of rotatable bonds is 2. The highest BCUT2D eigenvalue weighted by Crippen LogP contribution is 2.42. The molecule has 2 atom stereocenters. The first kappa shape index (κ1) is 17.2. The third-order valence-electron chi connectivity index (χ3n) is 6.24. The zero-order chi connectivity index (χ0) is 17.3. The Morgan fingerprint density at radius 1 is 1.04 bits per heavy atom. The van der Waals surface area contributed by atoms with Gasteiger partial charge in [0.15, 0.2) is 0 Å². The first-order valence-corrected chi connectivity index (χ1v) is 9.38. The highest BCUT2D eigenvalue weighted by atomic mass is 16.2. The molecule has 4 amide bonds. The molecular weight excluding hydrogens is 306 g/mol. The molecule has 2 saturated heterocycles. The Morgan fingerprint density at radius 2 is 1.62 bits per heavy atom. The third-order valence-corrected chi connectivity index (χ3v) is 6.24. The largest absolute Gasteiger partial charge is 0.341 e. The number of carbonyl (C=O) groups excluding carboxylic acids is 3. The van der Waals surface area contributed by atoms with Crippen LogP contribution in [0.15, 0.2) is 0 Å². The molecule has 0 aromatic rings. The first-order valence-electron chi connectivity index (χ1n) is 9.38. The van der Waals surface area contributed by atoms with E-state index in [1.165, 1.54) is 0 Å². The molecule has 2 unspecified atom stereocenters. The molecule has 2 aliphatic heterocycles. The number of nitrogens with zero attached hydrogens (tertiary/aromatic N) is 2. The molecule has 3 fully saturated rings. The van der Waals surface area contributed by atoms with Crippen LogP contribution in [0.2, 0.25) is 0 Å². The molecule has 3 rings (SSSR count). The molecule has 1 N–H and O–H groups in total. The smallest absolute Gasteiger partial charge is 0.325 e. The fourth-order valence-electron chi connectivity index (χ4n) is 4.65. The maximum atomic E-state index is 13.1. The highest BCUT2D eigenvalue weighted by molar-refractivity contribution is 6.09. The maximum absolute atomic E-state index is 13.1. The summed E-state index contributed by atoms with van der Waals surface area (Å²) in [5.41, 5.74) is -0.811. The average Bonchev–Trinajstić information content (AvgIpc) is 2.76. The van der Waals surface area contributed by atoms with E-state index in [2.05, 4.69) is 5.32 Å². The molecule has 0 aromatic heterocycles. The lowest BCUT2D eigenvalue weighted by molar-refractivity contribution is -0.142. The van der Waals surface area contributed by atoms with Gasteiger partial charge in [0.05, 0.1) is 0 Å². The number of urea groups is 1. The minimum atomic E-state index is -0.811.